The number of pyridine rings is 1. The number of fused-ring (bicyclic) bond motifs is 1. The zero-order chi connectivity index (χ0) is 22.7. The van der Waals surface area contributed by atoms with Gasteiger partial charge in [0.25, 0.3) is 5.91 Å². The molecular formula is C24H27N7O. The van der Waals surface area contributed by atoms with E-state index in [4.69, 9.17) is 5.73 Å². The van der Waals surface area contributed by atoms with Crippen molar-refractivity contribution in [3.8, 4) is 0 Å². The molecule has 8 nitrogen and oxygen atoms in total. The maximum Gasteiger partial charge on any atom is 0.251 e. The van der Waals surface area contributed by atoms with Crippen molar-refractivity contribution in [2.75, 3.05) is 32.5 Å². The van der Waals surface area contributed by atoms with Gasteiger partial charge in [0.05, 0.1) is 22.6 Å². The van der Waals surface area contributed by atoms with Crippen molar-refractivity contribution in [3.05, 3.63) is 77.6 Å². The molecule has 0 unspecified atom stereocenters. The summed E-state index contributed by atoms with van der Waals surface area (Å²) < 4.78 is 0. The second-order valence-corrected chi connectivity index (χ2v) is 7.86. The molecule has 3 aromatic rings. The van der Waals surface area contributed by atoms with Crippen LogP contribution in [0.25, 0.3) is 16.5 Å². The Kier molecular flexibility index (Phi) is 6.02. The predicted octanol–water partition coefficient (Wildman–Crippen LogP) is 2.73. The molecule has 0 spiro atoms. The average molecular weight is 430 g/mol. The molecule has 4 N–H and O–H groups in total. The first-order valence-electron chi connectivity index (χ1n) is 10.5. The number of benzene rings is 1. The molecule has 0 fully saturated rings. The van der Waals surface area contributed by atoms with Crippen LogP contribution in [0.5, 0.6) is 0 Å². The van der Waals surface area contributed by atoms with Crippen molar-refractivity contribution in [2.24, 2.45) is 5.73 Å². The number of carbonyl (C=O) groups is 1. The molecule has 3 heterocycles. The van der Waals surface area contributed by atoms with Crippen LogP contribution in [0, 0.1) is 0 Å². The van der Waals surface area contributed by atoms with Crippen molar-refractivity contribution in [1.82, 2.24) is 25.2 Å². The minimum atomic E-state index is -0.119. The van der Waals surface area contributed by atoms with E-state index in [1.807, 2.05) is 36.2 Å². The first-order valence-corrected chi connectivity index (χ1v) is 10.5. The summed E-state index contributed by atoms with van der Waals surface area (Å²) in [5, 5.41) is 6.95. The summed E-state index contributed by atoms with van der Waals surface area (Å²) in [6, 6.07) is 9.63. The quantitative estimate of drug-likeness (QED) is 0.553. The van der Waals surface area contributed by atoms with Crippen molar-refractivity contribution in [1.29, 1.82) is 0 Å². The van der Waals surface area contributed by atoms with Gasteiger partial charge in [-0.25, -0.2) is 9.97 Å². The highest BCUT2D eigenvalue weighted by Gasteiger charge is 2.16. The Morgan fingerprint density at radius 2 is 2.09 bits per heavy atom. The molecule has 4 rings (SSSR count). The van der Waals surface area contributed by atoms with Gasteiger partial charge in [-0.05, 0) is 17.7 Å². The molecule has 1 aromatic carbocycles. The van der Waals surface area contributed by atoms with E-state index in [0.29, 0.717) is 17.9 Å². The number of para-hydroxylation sites is 1. The molecule has 0 saturated carbocycles. The number of amides is 1. The van der Waals surface area contributed by atoms with E-state index in [2.05, 4.69) is 44.7 Å². The van der Waals surface area contributed by atoms with Gasteiger partial charge in [-0.1, -0.05) is 31.2 Å². The molecule has 0 aliphatic carbocycles. The second-order valence-electron chi connectivity index (χ2n) is 7.86. The number of aromatic nitrogens is 3. The molecular weight excluding hydrogens is 402 g/mol. The maximum absolute atomic E-state index is 12.2. The Balaban J connectivity index is 1.53. The van der Waals surface area contributed by atoms with E-state index in [9.17, 15) is 4.79 Å². The van der Waals surface area contributed by atoms with Gasteiger partial charge in [0, 0.05) is 56.3 Å². The minimum Gasteiger partial charge on any atom is -0.385 e. The summed E-state index contributed by atoms with van der Waals surface area (Å²) >= 11 is 0. The molecule has 1 atom stereocenters. The third kappa shape index (κ3) is 4.25. The number of anilines is 1. The fourth-order valence-electron chi connectivity index (χ4n) is 3.76. The molecule has 1 amide bonds. The van der Waals surface area contributed by atoms with Crippen LogP contribution < -0.4 is 16.4 Å². The molecule has 0 bridgehead atoms. The van der Waals surface area contributed by atoms with Gasteiger partial charge in [0.15, 0.2) is 0 Å². The third-order valence-corrected chi connectivity index (χ3v) is 5.69. The molecule has 0 radical (unpaired) electrons. The molecule has 0 saturated heterocycles. The predicted molar refractivity (Wildman–Crippen MR) is 127 cm³/mol. The van der Waals surface area contributed by atoms with Crippen LogP contribution in [0.15, 0.2) is 60.8 Å². The van der Waals surface area contributed by atoms with Gasteiger partial charge in [-0.3, -0.25) is 9.78 Å². The standard InChI is InChI=1S/C24H27N7O/c1-15(17-5-4-6-18-19(24(32)26-2)7-9-27-23(17)18)13-28-22-12-20(29-14-30-22)16-8-10-31(3)21(25)11-16/h4-9,11-12,14-15H,10,13,25H2,1-3H3,(H,26,32)(H,28,29,30)/t15-/m1/s1. The minimum absolute atomic E-state index is 0.119. The van der Waals surface area contributed by atoms with E-state index in [1.54, 1.807) is 25.6 Å². The van der Waals surface area contributed by atoms with Crippen LogP contribution in [0.2, 0.25) is 0 Å². The zero-order valence-corrected chi connectivity index (χ0v) is 18.5. The Hall–Kier alpha value is -3.94. The Bertz CT molecular complexity index is 1220. The first-order chi connectivity index (χ1) is 15.5. The van der Waals surface area contributed by atoms with E-state index in [0.717, 1.165) is 40.1 Å². The second kappa shape index (κ2) is 9.05. The maximum atomic E-state index is 12.2. The zero-order valence-electron chi connectivity index (χ0n) is 18.5. The normalized spacial score (nSPS) is 14.5. The lowest BCUT2D eigenvalue weighted by Gasteiger charge is -2.22. The number of carbonyl (C=O) groups excluding carboxylic acids is 1. The number of hydrogen-bond acceptors (Lipinski definition) is 7. The summed E-state index contributed by atoms with van der Waals surface area (Å²) in [6.07, 6.45) is 7.25. The van der Waals surface area contributed by atoms with Crippen LogP contribution in [-0.2, 0) is 0 Å². The SMILES string of the molecule is CNC(=O)c1ccnc2c([C@H](C)CNc3cc(C4=CCN(C)C(N)=C4)ncn3)cccc12. The number of nitrogens with two attached hydrogens (primary N) is 1. The molecule has 2 aromatic heterocycles. The van der Waals surface area contributed by atoms with E-state index < -0.39 is 0 Å². The van der Waals surface area contributed by atoms with Gasteiger partial charge < -0.3 is 21.3 Å². The number of hydrogen-bond donors (Lipinski definition) is 3. The first kappa shape index (κ1) is 21.3. The summed E-state index contributed by atoms with van der Waals surface area (Å²) in [7, 11) is 3.58. The topological polar surface area (TPSA) is 109 Å². The Morgan fingerprint density at radius 3 is 2.88 bits per heavy atom. The number of allylic oxidation sites excluding steroid dienone is 2. The number of rotatable bonds is 6. The number of nitrogens with one attached hydrogen (secondary N) is 2. The van der Waals surface area contributed by atoms with Crippen LogP contribution in [0.1, 0.15) is 34.5 Å². The van der Waals surface area contributed by atoms with Gasteiger partial charge in [-0.2, -0.15) is 0 Å². The third-order valence-electron chi connectivity index (χ3n) is 5.69. The van der Waals surface area contributed by atoms with E-state index in [-0.39, 0.29) is 11.8 Å². The van der Waals surface area contributed by atoms with Gasteiger partial charge in [0.1, 0.15) is 12.1 Å². The summed E-state index contributed by atoms with van der Waals surface area (Å²) in [5.41, 5.74) is 10.4. The fourth-order valence-corrected chi connectivity index (χ4v) is 3.76. The lowest BCUT2D eigenvalue weighted by atomic mass is 9.96. The Labute approximate surface area is 187 Å². The van der Waals surface area contributed by atoms with Crippen molar-refractivity contribution in [3.63, 3.8) is 0 Å². The van der Waals surface area contributed by atoms with Crippen LogP contribution in [-0.4, -0.2) is 52.9 Å². The van der Waals surface area contributed by atoms with Gasteiger partial charge in [-0.15, -0.1) is 0 Å². The van der Waals surface area contributed by atoms with Crippen molar-refractivity contribution < 1.29 is 4.79 Å². The van der Waals surface area contributed by atoms with Crippen LogP contribution >= 0.6 is 0 Å². The summed E-state index contributed by atoms with van der Waals surface area (Å²) in [4.78, 5) is 27.5. The molecule has 32 heavy (non-hydrogen) atoms. The molecule has 8 heteroatoms. The van der Waals surface area contributed by atoms with E-state index in [1.165, 1.54) is 0 Å². The van der Waals surface area contributed by atoms with Crippen LogP contribution in [0.3, 0.4) is 0 Å². The number of likely N-dealkylation sites (N-methyl/N-ethyl adjacent to an activating group) is 1. The highest BCUT2D eigenvalue weighted by atomic mass is 16.1. The van der Waals surface area contributed by atoms with Crippen molar-refractivity contribution >= 4 is 28.2 Å². The highest BCUT2D eigenvalue weighted by molar-refractivity contribution is 6.06. The molecule has 164 valence electrons. The number of nitrogens with zero attached hydrogens (tertiary/aromatic N) is 4. The largest absolute Gasteiger partial charge is 0.385 e. The van der Waals surface area contributed by atoms with Gasteiger partial charge >= 0.3 is 0 Å². The fraction of sp³-hybridized carbons (Fsp3) is 0.250. The monoisotopic (exact) mass is 429 g/mol. The lowest BCUT2D eigenvalue weighted by Crippen LogP contribution is -2.26. The van der Waals surface area contributed by atoms with Crippen LogP contribution in [0.4, 0.5) is 5.82 Å². The highest BCUT2D eigenvalue weighted by Crippen LogP contribution is 2.27. The molecule has 1 aliphatic heterocycles. The smallest absolute Gasteiger partial charge is 0.251 e. The summed E-state index contributed by atoms with van der Waals surface area (Å²) in [5.74, 6) is 1.48. The van der Waals surface area contributed by atoms with Crippen molar-refractivity contribution in [2.45, 2.75) is 12.8 Å². The molecule has 1 aliphatic rings. The lowest BCUT2D eigenvalue weighted by molar-refractivity contribution is 0.0964. The Morgan fingerprint density at radius 1 is 1.25 bits per heavy atom. The van der Waals surface area contributed by atoms with E-state index >= 15 is 0 Å². The summed E-state index contributed by atoms with van der Waals surface area (Å²) in [6.45, 7) is 3.52. The average Bonchev–Trinajstić information content (AvgIpc) is 2.83. The van der Waals surface area contributed by atoms with Gasteiger partial charge in [0.2, 0.25) is 0 Å².